The van der Waals surface area contributed by atoms with Crippen LogP contribution < -0.4 is 14.4 Å². The number of halogens is 2. The lowest BCUT2D eigenvalue weighted by atomic mass is 10.0. The van der Waals surface area contributed by atoms with Crippen molar-refractivity contribution in [2.24, 2.45) is 0 Å². The van der Waals surface area contributed by atoms with Crippen molar-refractivity contribution in [1.82, 2.24) is 10.2 Å². The molecule has 8 nitrogen and oxygen atoms in total. The van der Waals surface area contributed by atoms with E-state index in [4.69, 9.17) is 16.3 Å². The molecule has 0 saturated heterocycles. The Hall–Kier alpha value is -3.86. The van der Waals surface area contributed by atoms with Crippen LogP contribution in [0.25, 0.3) is 0 Å². The van der Waals surface area contributed by atoms with Crippen LogP contribution in [0.3, 0.4) is 0 Å². The van der Waals surface area contributed by atoms with E-state index < -0.39 is 34.1 Å². The molecule has 0 aliphatic rings. The highest BCUT2D eigenvalue weighted by molar-refractivity contribution is 9.10. The SMILES string of the molecule is COc1ccc(Cl)cc1N(CC(=O)N(Cc1cccc(Br)c1)[C@H](Cc1ccccc1)C(=O)NC(C)(C)C)S(=O)(=O)c1ccccc1. The van der Waals surface area contributed by atoms with Gasteiger partial charge in [-0.15, -0.1) is 0 Å². The highest BCUT2D eigenvalue weighted by atomic mass is 79.9. The van der Waals surface area contributed by atoms with Gasteiger partial charge in [-0.3, -0.25) is 13.9 Å². The van der Waals surface area contributed by atoms with Gasteiger partial charge >= 0.3 is 0 Å². The molecule has 4 rings (SSSR count). The van der Waals surface area contributed by atoms with E-state index in [-0.39, 0.29) is 40.2 Å². The summed E-state index contributed by atoms with van der Waals surface area (Å²) in [5.41, 5.74) is 1.09. The summed E-state index contributed by atoms with van der Waals surface area (Å²) in [6.07, 6.45) is 0.203. The normalized spacial score (nSPS) is 12.2. The predicted molar refractivity (Wildman–Crippen MR) is 185 cm³/mol. The van der Waals surface area contributed by atoms with Crippen LogP contribution >= 0.6 is 27.5 Å². The molecule has 242 valence electrons. The third kappa shape index (κ3) is 9.11. The van der Waals surface area contributed by atoms with Gasteiger partial charge in [0.05, 0.1) is 17.7 Å². The maximum Gasteiger partial charge on any atom is 0.264 e. The van der Waals surface area contributed by atoms with Gasteiger partial charge in [0.1, 0.15) is 18.3 Å². The molecule has 0 aromatic heterocycles. The number of rotatable bonds is 12. The van der Waals surface area contributed by atoms with E-state index in [1.807, 2.05) is 75.4 Å². The minimum atomic E-state index is -4.31. The van der Waals surface area contributed by atoms with E-state index in [0.29, 0.717) is 0 Å². The van der Waals surface area contributed by atoms with E-state index in [0.717, 1.165) is 19.9 Å². The fourth-order valence-corrected chi connectivity index (χ4v) is 6.98. The minimum Gasteiger partial charge on any atom is -0.495 e. The Morgan fingerprint density at radius 2 is 1.52 bits per heavy atom. The number of sulfonamides is 1. The fourth-order valence-electron chi connectivity index (χ4n) is 4.93. The van der Waals surface area contributed by atoms with Gasteiger partial charge in [0.25, 0.3) is 10.0 Å². The monoisotopic (exact) mass is 725 g/mol. The van der Waals surface area contributed by atoms with Crippen molar-refractivity contribution in [2.75, 3.05) is 18.0 Å². The van der Waals surface area contributed by atoms with Crippen LogP contribution in [-0.4, -0.2) is 50.4 Å². The third-order valence-electron chi connectivity index (χ3n) is 7.03. The average Bonchev–Trinajstić information content (AvgIpc) is 3.01. The second kappa shape index (κ2) is 15.2. The summed E-state index contributed by atoms with van der Waals surface area (Å²) < 4.78 is 35.8. The Kier molecular flexibility index (Phi) is 11.5. The Bertz CT molecular complexity index is 1770. The molecule has 0 radical (unpaired) electrons. The lowest BCUT2D eigenvalue weighted by Crippen LogP contribution is -2.56. The third-order valence-corrected chi connectivity index (χ3v) is 9.53. The summed E-state index contributed by atoms with van der Waals surface area (Å²) >= 11 is 9.85. The fraction of sp³-hybridized carbons (Fsp3) is 0.257. The molecule has 0 aliphatic heterocycles. The van der Waals surface area contributed by atoms with Gasteiger partial charge in [-0.05, 0) is 74.4 Å². The Morgan fingerprint density at radius 1 is 0.891 bits per heavy atom. The van der Waals surface area contributed by atoms with Crippen molar-refractivity contribution < 1.29 is 22.7 Å². The number of hydrogen-bond acceptors (Lipinski definition) is 5. The largest absolute Gasteiger partial charge is 0.495 e. The van der Waals surface area contributed by atoms with Crippen LogP contribution in [0.5, 0.6) is 5.75 Å². The second-order valence-electron chi connectivity index (χ2n) is 11.7. The minimum absolute atomic E-state index is 0.0188. The topological polar surface area (TPSA) is 96.0 Å². The zero-order valence-electron chi connectivity index (χ0n) is 26.1. The number of ether oxygens (including phenoxy) is 1. The molecule has 0 unspecified atom stereocenters. The summed E-state index contributed by atoms with van der Waals surface area (Å²) in [5.74, 6) is -0.745. The summed E-state index contributed by atoms with van der Waals surface area (Å²) in [7, 11) is -2.90. The van der Waals surface area contributed by atoms with Crippen LogP contribution in [0.1, 0.15) is 31.9 Å². The number of hydrogen-bond donors (Lipinski definition) is 1. The first-order valence-corrected chi connectivity index (χ1v) is 17.2. The zero-order chi connectivity index (χ0) is 33.5. The molecule has 1 N–H and O–H groups in total. The van der Waals surface area contributed by atoms with Crippen molar-refractivity contribution in [3.8, 4) is 5.75 Å². The van der Waals surface area contributed by atoms with Crippen molar-refractivity contribution in [2.45, 2.75) is 50.2 Å². The first-order chi connectivity index (χ1) is 21.8. The molecule has 0 fully saturated rings. The Balaban J connectivity index is 1.86. The summed E-state index contributed by atoms with van der Waals surface area (Å²) in [4.78, 5) is 30.1. The Labute approximate surface area is 284 Å². The maximum atomic E-state index is 14.6. The second-order valence-corrected chi connectivity index (χ2v) is 15.0. The zero-order valence-corrected chi connectivity index (χ0v) is 29.3. The molecule has 11 heteroatoms. The molecule has 4 aromatic rings. The van der Waals surface area contributed by atoms with Crippen molar-refractivity contribution >= 4 is 55.1 Å². The molecule has 46 heavy (non-hydrogen) atoms. The Morgan fingerprint density at radius 3 is 2.13 bits per heavy atom. The van der Waals surface area contributed by atoms with Crippen molar-refractivity contribution in [3.63, 3.8) is 0 Å². The first-order valence-electron chi connectivity index (χ1n) is 14.6. The maximum absolute atomic E-state index is 14.6. The number of nitrogens with one attached hydrogen (secondary N) is 1. The van der Waals surface area contributed by atoms with E-state index in [1.165, 1.54) is 30.2 Å². The van der Waals surface area contributed by atoms with Crippen LogP contribution in [0.2, 0.25) is 5.02 Å². The standard InChI is InChI=1S/C35H37BrClN3O5S/c1-35(2,3)38-34(42)31(21-25-12-7-5-8-13-25)39(23-26-14-11-15-27(36)20-26)33(41)24-40(30-22-28(37)18-19-32(30)45-4)46(43,44)29-16-9-6-10-17-29/h5-20,22,31H,21,23-24H2,1-4H3,(H,38,42)/t31-/m1/s1. The molecular formula is C35H37BrClN3O5S. The number of carbonyl (C=O) groups is 2. The molecule has 0 bridgehead atoms. The average molecular weight is 727 g/mol. The van der Waals surface area contributed by atoms with E-state index in [1.54, 1.807) is 30.3 Å². The van der Waals surface area contributed by atoms with E-state index in [9.17, 15) is 18.0 Å². The quantitative estimate of drug-likeness (QED) is 0.172. The number of carbonyl (C=O) groups excluding carboxylic acids is 2. The van der Waals surface area contributed by atoms with Gasteiger partial charge in [0.15, 0.2) is 0 Å². The molecule has 0 saturated carbocycles. The van der Waals surface area contributed by atoms with Gasteiger partial charge < -0.3 is 15.0 Å². The molecule has 2 amide bonds. The summed E-state index contributed by atoms with van der Waals surface area (Å²) in [5, 5.41) is 3.29. The van der Waals surface area contributed by atoms with Gasteiger partial charge in [0, 0.05) is 28.0 Å². The molecule has 4 aromatic carbocycles. The van der Waals surface area contributed by atoms with Gasteiger partial charge in [-0.1, -0.05) is 88.2 Å². The molecular weight excluding hydrogens is 690 g/mol. The van der Waals surface area contributed by atoms with Crippen LogP contribution in [0, 0.1) is 0 Å². The molecule has 0 heterocycles. The number of amides is 2. The van der Waals surface area contributed by atoms with E-state index >= 15 is 0 Å². The summed E-state index contributed by atoms with van der Waals surface area (Å²) in [6, 6.07) is 28.2. The number of nitrogens with zero attached hydrogens (tertiary/aromatic N) is 2. The van der Waals surface area contributed by atoms with Crippen LogP contribution in [0.4, 0.5) is 5.69 Å². The molecule has 0 spiro atoms. The van der Waals surface area contributed by atoms with E-state index in [2.05, 4.69) is 21.2 Å². The predicted octanol–water partition coefficient (Wildman–Crippen LogP) is 6.86. The molecule has 1 atom stereocenters. The summed E-state index contributed by atoms with van der Waals surface area (Å²) in [6.45, 7) is 5.01. The van der Waals surface area contributed by atoms with Crippen LogP contribution in [-0.2, 0) is 32.6 Å². The van der Waals surface area contributed by atoms with Gasteiger partial charge in [-0.25, -0.2) is 8.42 Å². The molecule has 0 aliphatic carbocycles. The number of benzene rings is 4. The highest BCUT2D eigenvalue weighted by Crippen LogP contribution is 2.35. The number of methoxy groups -OCH3 is 1. The smallest absolute Gasteiger partial charge is 0.264 e. The lowest BCUT2D eigenvalue weighted by molar-refractivity contribution is -0.140. The van der Waals surface area contributed by atoms with Crippen molar-refractivity contribution in [1.29, 1.82) is 0 Å². The van der Waals surface area contributed by atoms with Crippen LogP contribution in [0.15, 0.2) is 112 Å². The highest BCUT2D eigenvalue weighted by Gasteiger charge is 2.36. The number of anilines is 1. The van der Waals surface area contributed by atoms with Gasteiger partial charge in [0.2, 0.25) is 11.8 Å². The van der Waals surface area contributed by atoms with Crippen molar-refractivity contribution in [3.05, 3.63) is 124 Å². The lowest BCUT2D eigenvalue weighted by Gasteiger charge is -2.35. The van der Waals surface area contributed by atoms with Gasteiger partial charge in [-0.2, -0.15) is 0 Å². The first kappa shape index (κ1) is 35.0.